The molecule has 0 aliphatic rings. The van der Waals surface area contributed by atoms with Crippen molar-refractivity contribution in [2.24, 2.45) is 0 Å². The fourth-order valence-electron chi connectivity index (χ4n) is 2.86. The van der Waals surface area contributed by atoms with Crippen molar-refractivity contribution in [3.63, 3.8) is 0 Å². The SMILES string of the molecule is COc1ccc(-c2cccc(CC(=O)O)c2)cc1C#CCOc1ccc(Cl)cc1Cl. The van der Waals surface area contributed by atoms with Crippen LogP contribution in [0.4, 0.5) is 0 Å². The number of halogens is 2. The van der Waals surface area contributed by atoms with Crippen LogP contribution in [0.25, 0.3) is 11.1 Å². The Balaban J connectivity index is 1.80. The first-order chi connectivity index (χ1) is 14.5. The van der Waals surface area contributed by atoms with Gasteiger partial charge in [-0.05, 0) is 47.0 Å². The Labute approximate surface area is 185 Å². The number of carboxylic acid groups (broad SMARTS) is 1. The van der Waals surface area contributed by atoms with Crippen LogP contribution in [0.3, 0.4) is 0 Å². The number of methoxy groups -OCH3 is 1. The van der Waals surface area contributed by atoms with Crippen LogP contribution in [0.15, 0.2) is 60.7 Å². The molecule has 1 N–H and O–H groups in total. The smallest absolute Gasteiger partial charge is 0.307 e. The number of ether oxygens (including phenoxy) is 2. The molecule has 0 bridgehead atoms. The van der Waals surface area contributed by atoms with E-state index in [0.717, 1.165) is 16.7 Å². The van der Waals surface area contributed by atoms with Crippen molar-refractivity contribution in [1.29, 1.82) is 0 Å². The van der Waals surface area contributed by atoms with Gasteiger partial charge >= 0.3 is 5.97 Å². The molecular weight excluding hydrogens is 423 g/mol. The summed E-state index contributed by atoms with van der Waals surface area (Å²) in [4.78, 5) is 11.0. The van der Waals surface area contributed by atoms with Gasteiger partial charge in [0, 0.05) is 5.02 Å². The Morgan fingerprint density at radius 3 is 2.50 bits per heavy atom. The van der Waals surface area contributed by atoms with Gasteiger partial charge in [-0.3, -0.25) is 4.79 Å². The molecule has 30 heavy (non-hydrogen) atoms. The van der Waals surface area contributed by atoms with Crippen molar-refractivity contribution in [2.45, 2.75) is 6.42 Å². The third kappa shape index (κ3) is 5.70. The molecule has 0 fully saturated rings. The molecule has 0 aromatic heterocycles. The molecule has 0 spiro atoms. The van der Waals surface area contributed by atoms with Gasteiger partial charge in [0.05, 0.1) is 24.1 Å². The molecule has 152 valence electrons. The van der Waals surface area contributed by atoms with Crippen molar-refractivity contribution in [3.05, 3.63) is 81.8 Å². The van der Waals surface area contributed by atoms with E-state index in [2.05, 4.69) is 11.8 Å². The Morgan fingerprint density at radius 1 is 1.00 bits per heavy atom. The van der Waals surface area contributed by atoms with Crippen LogP contribution in [0.5, 0.6) is 11.5 Å². The fourth-order valence-corrected chi connectivity index (χ4v) is 3.32. The van der Waals surface area contributed by atoms with Crippen LogP contribution >= 0.6 is 23.2 Å². The number of hydrogen-bond acceptors (Lipinski definition) is 3. The number of carbonyl (C=O) groups is 1. The lowest BCUT2D eigenvalue weighted by Crippen LogP contribution is -1.99. The maximum absolute atomic E-state index is 11.0. The summed E-state index contributed by atoms with van der Waals surface area (Å²) in [5.74, 6) is 6.30. The molecular formula is C24H18Cl2O4. The van der Waals surface area contributed by atoms with Gasteiger partial charge in [0.15, 0.2) is 0 Å². The van der Waals surface area contributed by atoms with Crippen LogP contribution < -0.4 is 9.47 Å². The first kappa shape index (κ1) is 21.6. The van der Waals surface area contributed by atoms with Crippen molar-refractivity contribution in [2.75, 3.05) is 13.7 Å². The Morgan fingerprint density at radius 2 is 1.77 bits per heavy atom. The second-order valence-corrected chi connectivity index (χ2v) is 7.19. The predicted octanol–water partition coefficient (Wildman–Crippen LogP) is 5.73. The molecule has 0 atom stereocenters. The second-order valence-electron chi connectivity index (χ2n) is 6.35. The monoisotopic (exact) mass is 440 g/mol. The zero-order valence-corrected chi connectivity index (χ0v) is 17.6. The molecule has 6 heteroatoms. The van der Waals surface area contributed by atoms with Crippen LogP contribution in [0.2, 0.25) is 10.0 Å². The number of benzene rings is 3. The van der Waals surface area contributed by atoms with E-state index in [0.29, 0.717) is 27.1 Å². The highest BCUT2D eigenvalue weighted by Crippen LogP contribution is 2.28. The summed E-state index contributed by atoms with van der Waals surface area (Å²) in [6.45, 7) is 0.142. The number of aliphatic carboxylic acids is 1. The van der Waals surface area contributed by atoms with E-state index in [1.807, 2.05) is 36.4 Å². The van der Waals surface area contributed by atoms with Crippen molar-refractivity contribution in [3.8, 4) is 34.5 Å². The summed E-state index contributed by atoms with van der Waals surface area (Å²) in [5, 5.41) is 9.97. The van der Waals surface area contributed by atoms with E-state index in [4.69, 9.17) is 37.8 Å². The summed E-state index contributed by atoms with van der Waals surface area (Å²) in [7, 11) is 1.58. The molecule has 4 nitrogen and oxygen atoms in total. The topological polar surface area (TPSA) is 55.8 Å². The summed E-state index contributed by atoms with van der Waals surface area (Å²) in [6, 6.07) is 18.1. The summed E-state index contributed by atoms with van der Waals surface area (Å²) in [5.41, 5.74) is 3.25. The Hall–Kier alpha value is -3.13. The maximum atomic E-state index is 11.0. The third-order valence-corrected chi connectivity index (χ3v) is 4.76. The molecule has 3 rings (SSSR count). The molecule has 0 radical (unpaired) electrons. The van der Waals surface area contributed by atoms with E-state index in [-0.39, 0.29) is 13.0 Å². The average Bonchev–Trinajstić information content (AvgIpc) is 2.72. The van der Waals surface area contributed by atoms with Gasteiger partial charge in [-0.25, -0.2) is 0 Å². The summed E-state index contributed by atoms with van der Waals surface area (Å²) in [6.07, 6.45) is -0.0265. The molecule has 0 saturated heterocycles. The number of hydrogen-bond donors (Lipinski definition) is 1. The van der Waals surface area contributed by atoms with E-state index >= 15 is 0 Å². The van der Waals surface area contributed by atoms with Crippen LogP contribution in [-0.2, 0) is 11.2 Å². The standard InChI is InChI=1S/C24H18Cl2O4/c1-29-22-9-7-18(17-5-2-4-16(12-17)13-24(27)28)14-19(22)6-3-11-30-23-10-8-20(25)15-21(23)26/h2,4-5,7-10,12,14-15H,11,13H2,1H3,(H,27,28). The molecule has 0 saturated carbocycles. The fraction of sp³-hybridized carbons (Fsp3) is 0.125. The van der Waals surface area contributed by atoms with Gasteiger partial charge in [-0.2, -0.15) is 0 Å². The highest BCUT2D eigenvalue weighted by molar-refractivity contribution is 6.35. The number of carboxylic acids is 1. The van der Waals surface area contributed by atoms with Gasteiger partial charge in [-0.1, -0.05) is 65.4 Å². The van der Waals surface area contributed by atoms with Gasteiger partial charge < -0.3 is 14.6 Å². The summed E-state index contributed by atoms with van der Waals surface area (Å²) >= 11 is 12.0. The lowest BCUT2D eigenvalue weighted by Gasteiger charge is -2.08. The Kier molecular flexibility index (Phi) is 7.24. The predicted molar refractivity (Wildman–Crippen MR) is 119 cm³/mol. The van der Waals surface area contributed by atoms with Crippen molar-refractivity contribution >= 4 is 29.2 Å². The quantitative estimate of drug-likeness (QED) is 0.497. The highest BCUT2D eigenvalue weighted by Gasteiger charge is 2.07. The maximum Gasteiger partial charge on any atom is 0.307 e. The summed E-state index contributed by atoms with van der Waals surface area (Å²) < 4.78 is 11.0. The van der Waals surface area contributed by atoms with E-state index < -0.39 is 5.97 Å². The Bertz CT molecular complexity index is 1130. The third-order valence-electron chi connectivity index (χ3n) is 4.23. The molecule has 0 aliphatic carbocycles. The zero-order chi connectivity index (χ0) is 21.5. The van der Waals surface area contributed by atoms with Crippen LogP contribution in [-0.4, -0.2) is 24.8 Å². The van der Waals surface area contributed by atoms with Gasteiger partial charge in [0.1, 0.15) is 18.1 Å². The molecule has 0 heterocycles. The largest absolute Gasteiger partial charge is 0.495 e. The molecule has 3 aromatic rings. The average molecular weight is 441 g/mol. The second kappa shape index (κ2) is 10.1. The minimum absolute atomic E-state index is 0.0265. The highest BCUT2D eigenvalue weighted by atomic mass is 35.5. The van der Waals surface area contributed by atoms with Gasteiger partial charge in [-0.15, -0.1) is 0 Å². The molecule has 0 aliphatic heterocycles. The minimum atomic E-state index is -0.866. The van der Waals surface area contributed by atoms with Gasteiger partial charge in [0.25, 0.3) is 0 Å². The van der Waals surface area contributed by atoms with Crippen molar-refractivity contribution < 1.29 is 19.4 Å². The van der Waals surface area contributed by atoms with E-state index in [9.17, 15) is 4.79 Å². The molecule has 0 unspecified atom stereocenters. The first-order valence-corrected chi connectivity index (χ1v) is 9.77. The normalized spacial score (nSPS) is 10.1. The van der Waals surface area contributed by atoms with Crippen LogP contribution in [0.1, 0.15) is 11.1 Å². The lowest BCUT2D eigenvalue weighted by molar-refractivity contribution is -0.136. The zero-order valence-electron chi connectivity index (χ0n) is 16.1. The molecule has 0 amide bonds. The van der Waals surface area contributed by atoms with Gasteiger partial charge in [0.2, 0.25) is 0 Å². The number of rotatable bonds is 6. The van der Waals surface area contributed by atoms with Crippen LogP contribution in [0, 0.1) is 11.8 Å². The van der Waals surface area contributed by atoms with E-state index in [1.54, 1.807) is 31.4 Å². The lowest BCUT2D eigenvalue weighted by atomic mass is 9.99. The first-order valence-electron chi connectivity index (χ1n) is 9.02. The van der Waals surface area contributed by atoms with Crippen molar-refractivity contribution in [1.82, 2.24) is 0 Å². The molecule has 3 aromatic carbocycles. The minimum Gasteiger partial charge on any atom is -0.495 e. The van der Waals surface area contributed by atoms with E-state index in [1.165, 1.54) is 0 Å².